The lowest BCUT2D eigenvalue weighted by Gasteiger charge is -2.05. The quantitative estimate of drug-likeness (QED) is 0.772. The highest BCUT2D eigenvalue weighted by Crippen LogP contribution is 2.08. The maximum atomic E-state index is 8.69. The molecular formula is C7H9IN2O. The summed E-state index contributed by atoms with van der Waals surface area (Å²) in [5, 5.41) is 8.69. The van der Waals surface area contributed by atoms with E-state index >= 15 is 0 Å². The van der Waals surface area contributed by atoms with Crippen LogP contribution in [0.3, 0.4) is 0 Å². The van der Waals surface area contributed by atoms with Gasteiger partial charge in [-0.05, 0) is 34.7 Å². The van der Waals surface area contributed by atoms with E-state index in [9.17, 15) is 0 Å². The van der Waals surface area contributed by atoms with Crippen LogP contribution in [-0.2, 0) is 0 Å². The van der Waals surface area contributed by atoms with Crippen molar-refractivity contribution in [2.24, 2.45) is 5.73 Å². The van der Waals surface area contributed by atoms with E-state index < -0.39 is 0 Å². The molecule has 0 fully saturated rings. The van der Waals surface area contributed by atoms with E-state index in [4.69, 9.17) is 10.8 Å². The van der Waals surface area contributed by atoms with E-state index in [1.54, 1.807) is 6.20 Å². The van der Waals surface area contributed by atoms with Gasteiger partial charge in [0.1, 0.15) is 0 Å². The van der Waals surface area contributed by atoms with Gasteiger partial charge >= 0.3 is 0 Å². The van der Waals surface area contributed by atoms with Crippen LogP contribution in [0, 0.1) is 3.57 Å². The maximum absolute atomic E-state index is 8.69. The first-order valence-electron chi connectivity index (χ1n) is 3.22. The van der Waals surface area contributed by atoms with Crippen LogP contribution in [0.25, 0.3) is 0 Å². The Bertz CT molecular complexity index is 224. The Morgan fingerprint density at radius 1 is 1.64 bits per heavy atom. The Morgan fingerprint density at radius 3 is 2.82 bits per heavy atom. The van der Waals surface area contributed by atoms with E-state index in [0.29, 0.717) is 0 Å². The zero-order chi connectivity index (χ0) is 8.27. The van der Waals surface area contributed by atoms with Crippen LogP contribution in [0.15, 0.2) is 18.3 Å². The van der Waals surface area contributed by atoms with Gasteiger partial charge in [-0.1, -0.05) is 0 Å². The Balaban J connectivity index is 2.81. The molecule has 0 aromatic carbocycles. The van der Waals surface area contributed by atoms with E-state index in [1.165, 1.54) is 0 Å². The number of aliphatic hydroxyl groups is 1. The summed E-state index contributed by atoms with van der Waals surface area (Å²) in [6, 6.07) is 3.38. The predicted octanol–water partition coefficient (Wildman–Crippen LogP) is 0.678. The summed E-state index contributed by atoms with van der Waals surface area (Å²) in [6.07, 6.45) is 1.73. The van der Waals surface area contributed by atoms with E-state index in [2.05, 4.69) is 27.6 Å². The SMILES string of the molecule is NC(CO)c1ccc(I)cn1. The second kappa shape index (κ2) is 3.99. The topological polar surface area (TPSA) is 59.1 Å². The Kier molecular flexibility index (Phi) is 3.22. The molecule has 60 valence electrons. The van der Waals surface area contributed by atoms with Crippen molar-refractivity contribution in [2.45, 2.75) is 6.04 Å². The van der Waals surface area contributed by atoms with Gasteiger partial charge in [0, 0.05) is 9.77 Å². The highest BCUT2D eigenvalue weighted by atomic mass is 127. The molecule has 0 amide bonds. The number of nitrogens with zero attached hydrogens (tertiary/aromatic N) is 1. The van der Waals surface area contributed by atoms with E-state index in [0.717, 1.165) is 9.26 Å². The number of nitrogens with two attached hydrogens (primary N) is 1. The smallest absolute Gasteiger partial charge is 0.0704 e. The summed E-state index contributed by atoms with van der Waals surface area (Å²) >= 11 is 2.17. The number of pyridine rings is 1. The van der Waals surface area contributed by atoms with Crippen molar-refractivity contribution in [3.8, 4) is 0 Å². The molecule has 1 atom stereocenters. The molecule has 3 nitrogen and oxygen atoms in total. The lowest BCUT2D eigenvalue weighted by atomic mass is 10.2. The molecule has 0 saturated carbocycles. The molecule has 1 aromatic heterocycles. The van der Waals surface area contributed by atoms with E-state index in [-0.39, 0.29) is 12.6 Å². The van der Waals surface area contributed by atoms with Crippen molar-refractivity contribution < 1.29 is 5.11 Å². The van der Waals surface area contributed by atoms with Gasteiger partial charge in [-0.2, -0.15) is 0 Å². The molecule has 0 aliphatic heterocycles. The van der Waals surface area contributed by atoms with Crippen LogP contribution in [-0.4, -0.2) is 16.7 Å². The van der Waals surface area contributed by atoms with Gasteiger partial charge in [-0.3, -0.25) is 4.98 Å². The summed E-state index contributed by atoms with van der Waals surface area (Å²) in [5.74, 6) is 0. The first kappa shape index (κ1) is 8.89. The van der Waals surface area contributed by atoms with Crippen LogP contribution in [0.5, 0.6) is 0 Å². The van der Waals surface area contributed by atoms with Crippen molar-refractivity contribution >= 4 is 22.6 Å². The number of hydrogen-bond donors (Lipinski definition) is 2. The van der Waals surface area contributed by atoms with Gasteiger partial charge < -0.3 is 10.8 Å². The number of halogens is 1. The molecule has 1 rings (SSSR count). The Morgan fingerprint density at radius 2 is 2.36 bits per heavy atom. The fourth-order valence-corrected chi connectivity index (χ4v) is 1.02. The number of aromatic nitrogens is 1. The molecule has 4 heteroatoms. The van der Waals surface area contributed by atoms with Crippen molar-refractivity contribution in [1.29, 1.82) is 0 Å². The Labute approximate surface area is 78.8 Å². The van der Waals surface area contributed by atoms with Gasteiger partial charge in [0.05, 0.1) is 18.3 Å². The summed E-state index contributed by atoms with van der Waals surface area (Å²) in [6.45, 7) is -0.0619. The molecule has 0 spiro atoms. The minimum absolute atomic E-state index is 0.0619. The van der Waals surface area contributed by atoms with Crippen LogP contribution in [0.1, 0.15) is 11.7 Å². The average Bonchev–Trinajstić information content (AvgIpc) is 2.05. The molecule has 0 aliphatic rings. The molecule has 0 bridgehead atoms. The van der Waals surface area contributed by atoms with E-state index in [1.807, 2.05) is 12.1 Å². The van der Waals surface area contributed by atoms with Crippen LogP contribution >= 0.6 is 22.6 Å². The minimum Gasteiger partial charge on any atom is -0.394 e. The lowest BCUT2D eigenvalue weighted by molar-refractivity contribution is 0.266. The summed E-state index contributed by atoms with van der Waals surface area (Å²) < 4.78 is 1.07. The van der Waals surface area contributed by atoms with Crippen molar-refractivity contribution in [3.63, 3.8) is 0 Å². The molecule has 0 saturated heterocycles. The number of rotatable bonds is 2. The zero-order valence-corrected chi connectivity index (χ0v) is 8.02. The summed E-state index contributed by atoms with van der Waals surface area (Å²) in [7, 11) is 0. The summed E-state index contributed by atoms with van der Waals surface area (Å²) in [4.78, 5) is 4.06. The highest BCUT2D eigenvalue weighted by Gasteiger charge is 2.03. The van der Waals surface area contributed by atoms with Crippen molar-refractivity contribution in [2.75, 3.05) is 6.61 Å². The normalized spacial score (nSPS) is 13.0. The number of hydrogen-bond acceptors (Lipinski definition) is 3. The average molecular weight is 264 g/mol. The zero-order valence-electron chi connectivity index (χ0n) is 5.87. The first-order chi connectivity index (χ1) is 5.24. The van der Waals surface area contributed by atoms with Gasteiger partial charge in [0.15, 0.2) is 0 Å². The van der Waals surface area contributed by atoms with Gasteiger partial charge in [0.2, 0.25) is 0 Å². The Hall–Kier alpha value is -0.200. The minimum atomic E-state index is -0.355. The molecule has 0 radical (unpaired) electrons. The van der Waals surface area contributed by atoms with Crippen LogP contribution in [0.4, 0.5) is 0 Å². The molecule has 1 heterocycles. The highest BCUT2D eigenvalue weighted by molar-refractivity contribution is 14.1. The molecule has 1 unspecified atom stereocenters. The van der Waals surface area contributed by atoms with Crippen LogP contribution < -0.4 is 5.73 Å². The first-order valence-corrected chi connectivity index (χ1v) is 4.30. The number of aliphatic hydroxyl groups excluding tert-OH is 1. The summed E-state index contributed by atoms with van der Waals surface area (Å²) in [5.41, 5.74) is 6.26. The monoisotopic (exact) mass is 264 g/mol. The standard InChI is InChI=1S/C7H9IN2O/c8-5-1-2-7(10-3-5)6(9)4-11/h1-3,6,11H,4,9H2. The third-order valence-corrected chi connectivity index (χ3v) is 1.96. The second-order valence-electron chi connectivity index (χ2n) is 2.19. The molecule has 3 N–H and O–H groups in total. The molecular weight excluding hydrogens is 255 g/mol. The van der Waals surface area contributed by atoms with Gasteiger partial charge in [0.25, 0.3) is 0 Å². The maximum Gasteiger partial charge on any atom is 0.0704 e. The largest absolute Gasteiger partial charge is 0.394 e. The predicted molar refractivity (Wildman–Crippen MR) is 51.0 cm³/mol. The fraction of sp³-hybridized carbons (Fsp3) is 0.286. The van der Waals surface area contributed by atoms with Crippen molar-refractivity contribution in [3.05, 3.63) is 27.6 Å². The lowest BCUT2D eigenvalue weighted by Crippen LogP contribution is -2.15. The van der Waals surface area contributed by atoms with Gasteiger partial charge in [-0.25, -0.2) is 0 Å². The third-order valence-electron chi connectivity index (χ3n) is 1.33. The second-order valence-corrected chi connectivity index (χ2v) is 3.44. The van der Waals surface area contributed by atoms with Gasteiger partial charge in [-0.15, -0.1) is 0 Å². The van der Waals surface area contributed by atoms with Crippen molar-refractivity contribution in [1.82, 2.24) is 4.98 Å². The molecule has 0 aliphatic carbocycles. The third kappa shape index (κ3) is 2.39. The molecule has 1 aromatic rings. The molecule has 11 heavy (non-hydrogen) atoms. The van der Waals surface area contributed by atoms with Crippen LogP contribution in [0.2, 0.25) is 0 Å². The fourth-order valence-electron chi connectivity index (χ4n) is 0.700.